The lowest BCUT2D eigenvalue weighted by Gasteiger charge is -2.17. The maximum atomic E-state index is 11.9. The number of hydrogen-bond acceptors (Lipinski definition) is 3. The van der Waals surface area contributed by atoms with Crippen molar-refractivity contribution in [3.05, 3.63) is 29.3 Å². The third kappa shape index (κ3) is 4.91. The van der Waals surface area contributed by atoms with E-state index < -0.39 is 6.10 Å². The van der Waals surface area contributed by atoms with Crippen molar-refractivity contribution in [2.24, 2.45) is 0 Å². The molecule has 0 saturated carbocycles. The zero-order chi connectivity index (χ0) is 14.3. The molecular weight excluding hydrogens is 242 g/mol. The van der Waals surface area contributed by atoms with Crippen molar-refractivity contribution >= 4 is 5.91 Å². The molecule has 0 aliphatic rings. The van der Waals surface area contributed by atoms with Crippen LogP contribution in [0.5, 0.6) is 5.75 Å². The molecule has 0 aliphatic carbocycles. The molecule has 1 amide bonds. The van der Waals surface area contributed by atoms with E-state index >= 15 is 0 Å². The van der Waals surface area contributed by atoms with E-state index in [1.54, 1.807) is 7.11 Å². The van der Waals surface area contributed by atoms with E-state index in [0.717, 1.165) is 11.3 Å². The van der Waals surface area contributed by atoms with E-state index in [1.165, 1.54) is 5.56 Å². The van der Waals surface area contributed by atoms with Gasteiger partial charge in [-0.15, -0.1) is 0 Å². The van der Waals surface area contributed by atoms with Crippen LogP contribution in [-0.4, -0.2) is 32.3 Å². The summed E-state index contributed by atoms with van der Waals surface area (Å²) in [7, 11) is 1.61. The van der Waals surface area contributed by atoms with Gasteiger partial charge in [-0.2, -0.15) is 0 Å². The molecule has 19 heavy (non-hydrogen) atoms. The number of carbonyl (C=O) groups excluding carboxylic acids is 1. The van der Waals surface area contributed by atoms with E-state index in [9.17, 15) is 4.79 Å². The molecule has 1 unspecified atom stereocenters. The Morgan fingerprint density at radius 3 is 2.63 bits per heavy atom. The summed E-state index contributed by atoms with van der Waals surface area (Å²) >= 11 is 0. The predicted molar refractivity (Wildman–Crippen MR) is 75.5 cm³/mol. The van der Waals surface area contributed by atoms with E-state index in [-0.39, 0.29) is 5.91 Å². The highest BCUT2D eigenvalue weighted by Crippen LogP contribution is 2.18. The lowest BCUT2D eigenvalue weighted by Crippen LogP contribution is -2.39. The summed E-state index contributed by atoms with van der Waals surface area (Å²) in [6, 6.07) is 5.86. The SMILES string of the molecule is CCC(Oc1ccc(C)c(C)c1)C(=O)NCCOC. The standard InChI is InChI=1S/C15H23NO3/c1-5-14(15(17)16-8-9-18-4)19-13-7-6-11(2)12(3)10-13/h6-7,10,14H,5,8-9H2,1-4H3,(H,16,17). The number of nitrogens with one attached hydrogen (secondary N) is 1. The van der Waals surface area contributed by atoms with Gasteiger partial charge >= 0.3 is 0 Å². The number of amides is 1. The molecule has 1 rings (SSSR count). The molecule has 1 aromatic rings. The molecule has 0 aromatic heterocycles. The van der Waals surface area contributed by atoms with Crippen LogP contribution in [0.4, 0.5) is 0 Å². The average molecular weight is 265 g/mol. The molecule has 0 saturated heterocycles. The van der Waals surface area contributed by atoms with Crippen LogP contribution < -0.4 is 10.1 Å². The molecule has 1 aromatic carbocycles. The molecule has 4 nitrogen and oxygen atoms in total. The second kappa shape index (κ2) is 7.79. The van der Waals surface area contributed by atoms with Crippen LogP contribution in [0.25, 0.3) is 0 Å². The maximum Gasteiger partial charge on any atom is 0.261 e. The van der Waals surface area contributed by atoms with Crippen LogP contribution >= 0.6 is 0 Å². The van der Waals surface area contributed by atoms with Gasteiger partial charge in [-0.05, 0) is 43.5 Å². The normalized spacial score (nSPS) is 12.0. The van der Waals surface area contributed by atoms with Crippen molar-refractivity contribution in [2.45, 2.75) is 33.3 Å². The fourth-order valence-corrected chi connectivity index (χ4v) is 1.66. The van der Waals surface area contributed by atoms with E-state index in [0.29, 0.717) is 19.6 Å². The first-order valence-corrected chi connectivity index (χ1v) is 6.59. The molecule has 0 aliphatic heterocycles. The second-order valence-electron chi connectivity index (χ2n) is 4.54. The van der Waals surface area contributed by atoms with Gasteiger partial charge < -0.3 is 14.8 Å². The monoisotopic (exact) mass is 265 g/mol. The van der Waals surface area contributed by atoms with Crippen molar-refractivity contribution in [1.82, 2.24) is 5.32 Å². The van der Waals surface area contributed by atoms with Gasteiger partial charge in [0.15, 0.2) is 6.10 Å². The predicted octanol–water partition coefficient (Wildman–Crippen LogP) is 2.22. The summed E-state index contributed by atoms with van der Waals surface area (Å²) in [5.74, 6) is 0.634. The highest BCUT2D eigenvalue weighted by molar-refractivity contribution is 5.81. The first-order chi connectivity index (χ1) is 9.08. The summed E-state index contributed by atoms with van der Waals surface area (Å²) < 4.78 is 10.6. The van der Waals surface area contributed by atoms with Gasteiger partial charge in [-0.1, -0.05) is 13.0 Å². The summed E-state index contributed by atoms with van der Waals surface area (Å²) in [5.41, 5.74) is 2.37. The Morgan fingerprint density at radius 1 is 1.32 bits per heavy atom. The molecule has 1 atom stereocenters. The Hall–Kier alpha value is -1.55. The summed E-state index contributed by atoms with van der Waals surface area (Å²) in [6.07, 6.45) is 0.171. The fraction of sp³-hybridized carbons (Fsp3) is 0.533. The zero-order valence-electron chi connectivity index (χ0n) is 12.2. The van der Waals surface area contributed by atoms with E-state index in [1.807, 2.05) is 39.0 Å². The molecule has 106 valence electrons. The first-order valence-electron chi connectivity index (χ1n) is 6.59. The van der Waals surface area contributed by atoms with Crippen molar-refractivity contribution in [3.63, 3.8) is 0 Å². The van der Waals surface area contributed by atoms with Crippen molar-refractivity contribution in [2.75, 3.05) is 20.3 Å². The van der Waals surface area contributed by atoms with Crippen molar-refractivity contribution in [1.29, 1.82) is 0 Å². The van der Waals surface area contributed by atoms with E-state index in [4.69, 9.17) is 9.47 Å². The summed E-state index contributed by atoms with van der Waals surface area (Å²) in [6.45, 7) is 7.02. The van der Waals surface area contributed by atoms with Crippen molar-refractivity contribution in [3.8, 4) is 5.75 Å². The molecule has 0 heterocycles. The summed E-state index contributed by atoms with van der Waals surface area (Å²) in [5, 5.41) is 2.79. The van der Waals surface area contributed by atoms with Crippen LogP contribution in [0.1, 0.15) is 24.5 Å². The number of aryl methyl sites for hydroxylation is 2. The van der Waals surface area contributed by atoms with Crippen LogP contribution in [0.2, 0.25) is 0 Å². The molecule has 1 N–H and O–H groups in total. The van der Waals surface area contributed by atoms with Gasteiger partial charge in [-0.25, -0.2) is 0 Å². The number of rotatable bonds is 7. The average Bonchev–Trinajstić information content (AvgIpc) is 2.40. The third-order valence-electron chi connectivity index (χ3n) is 3.03. The number of carbonyl (C=O) groups is 1. The first kappa shape index (κ1) is 15.5. The summed E-state index contributed by atoms with van der Waals surface area (Å²) in [4.78, 5) is 11.9. The zero-order valence-corrected chi connectivity index (χ0v) is 12.2. The Kier molecular flexibility index (Phi) is 6.36. The minimum absolute atomic E-state index is 0.0993. The highest BCUT2D eigenvalue weighted by atomic mass is 16.5. The quantitative estimate of drug-likeness (QED) is 0.769. The molecular formula is C15H23NO3. The Labute approximate surface area is 115 Å². The van der Waals surface area contributed by atoms with Crippen LogP contribution in [0.3, 0.4) is 0 Å². The number of benzene rings is 1. The topological polar surface area (TPSA) is 47.6 Å². The second-order valence-corrected chi connectivity index (χ2v) is 4.54. The van der Waals surface area contributed by atoms with Gasteiger partial charge in [0.2, 0.25) is 0 Å². The Balaban J connectivity index is 2.60. The highest BCUT2D eigenvalue weighted by Gasteiger charge is 2.17. The third-order valence-corrected chi connectivity index (χ3v) is 3.03. The maximum absolute atomic E-state index is 11.9. The molecule has 0 fully saturated rings. The van der Waals surface area contributed by atoms with Gasteiger partial charge in [0.05, 0.1) is 6.61 Å². The van der Waals surface area contributed by atoms with Gasteiger partial charge in [0.1, 0.15) is 5.75 Å². The van der Waals surface area contributed by atoms with Crippen LogP contribution in [-0.2, 0) is 9.53 Å². The van der Waals surface area contributed by atoms with Gasteiger partial charge in [-0.3, -0.25) is 4.79 Å². The minimum atomic E-state index is -0.459. The van der Waals surface area contributed by atoms with Gasteiger partial charge in [0, 0.05) is 13.7 Å². The smallest absolute Gasteiger partial charge is 0.261 e. The van der Waals surface area contributed by atoms with Crippen LogP contribution in [0.15, 0.2) is 18.2 Å². The Bertz CT molecular complexity index is 418. The number of hydrogen-bond donors (Lipinski definition) is 1. The van der Waals surface area contributed by atoms with Gasteiger partial charge in [0.25, 0.3) is 5.91 Å². The van der Waals surface area contributed by atoms with Crippen LogP contribution in [0, 0.1) is 13.8 Å². The molecule has 0 radical (unpaired) electrons. The molecule has 4 heteroatoms. The number of methoxy groups -OCH3 is 1. The Morgan fingerprint density at radius 2 is 2.05 bits per heavy atom. The largest absolute Gasteiger partial charge is 0.481 e. The van der Waals surface area contributed by atoms with Crippen molar-refractivity contribution < 1.29 is 14.3 Å². The lowest BCUT2D eigenvalue weighted by atomic mass is 10.1. The molecule has 0 bridgehead atoms. The minimum Gasteiger partial charge on any atom is -0.481 e. The molecule has 0 spiro atoms. The van der Waals surface area contributed by atoms with E-state index in [2.05, 4.69) is 5.32 Å². The number of ether oxygens (including phenoxy) is 2. The lowest BCUT2D eigenvalue weighted by molar-refractivity contribution is -0.128. The fourth-order valence-electron chi connectivity index (χ4n) is 1.66.